The summed E-state index contributed by atoms with van der Waals surface area (Å²) < 4.78 is 0. The second-order valence-electron chi connectivity index (χ2n) is 16.0. The van der Waals surface area contributed by atoms with Gasteiger partial charge in [0.05, 0.1) is 47.0 Å². The highest BCUT2D eigenvalue weighted by molar-refractivity contribution is 7.09. The van der Waals surface area contributed by atoms with E-state index in [0.717, 1.165) is 33.1 Å². The first kappa shape index (κ1) is 43.7. The third kappa shape index (κ3) is 11.8. The van der Waals surface area contributed by atoms with E-state index in [9.17, 15) is 29.4 Å². The van der Waals surface area contributed by atoms with Crippen molar-refractivity contribution < 1.29 is 29.4 Å². The van der Waals surface area contributed by atoms with Gasteiger partial charge in [0, 0.05) is 36.8 Å². The lowest BCUT2D eigenvalue weighted by Crippen LogP contribution is -2.59. The lowest BCUT2D eigenvalue weighted by atomic mass is 9.83. The highest BCUT2D eigenvalue weighted by Gasteiger charge is 2.43. The Morgan fingerprint density at radius 2 is 1.71 bits per heavy atom. The molecule has 5 rings (SSSR count). The lowest BCUT2D eigenvalue weighted by molar-refractivity contribution is -0.133. The number of amides is 5. The van der Waals surface area contributed by atoms with Gasteiger partial charge >= 0.3 is 12.1 Å². The second kappa shape index (κ2) is 19.9. The Kier molecular flexibility index (Phi) is 15.0. The fourth-order valence-corrected chi connectivity index (χ4v) is 7.88. The molecular formula is C43H56N8O6S. The van der Waals surface area contributed by atoms with Crippen LogP contribution >= 0.6 is 11.3 Å². The lowest BCUT2D eigenvalue weighted by Gasteiger charge is -2.36. The molecule has 310 valence electrons. The minimum Gasteiger partial charge on any atom is -0.465 e. The zero-order valence-electron chi connectivity index (χ0n) is 34.0. The summed E-state index contributed by atoms with van der Waals surface area (Å²) >= 11 is 1.50. The molecule has 58 heavy (non-hydrogen) atoms. The van der Waals surface area contributed by atoms with Gasteiger partial charge in [-0.3, -0.25) is 20.0 Å². The topological polar surface area (TPSA) is 189 Å². The number of urea groups is 1. The zero-order chi connectivity index (χ0) is 42.0. The average molecular weight is 813 g/mol. The van der Waals surface area contributed by atoms with Crippen LogP contribution in [0, 0.1) is 24.2 Å². The van der Waals surface area contributed by atoms with Gasteiger partial charge in [-0.15, -0.1) is 11.3 Å². The van der Waals surface area contributed by atoms with Crippen LogP contribution in [0.2, 0.25) is 0 Å². The van der Waals surface area contributed by atoms with Gasteiger partial charge in [-0.05, 0) is 47.9 Å². The van der Waals surface area contributed by atoms with Crippen LogP contribution < -0.4 is 21.4 Å². The largest absolute Gasteiger partial charge is 0.465 e. The Morgan fingerprint density at radius 3 is 2.31 bits per heavy atom. The number of aliphatic hydroxyl groups is 1. The van der Waals surface area contributed by atoms with Crippen molar-refractivity contribution in [2.75, 3.05) is 13.1 Å². The van der Waals surface area contributed by atoms with Crippen molar-refractivity contribution in [1.29, 1.82) is 0 Å². The second-order valence-corrected chi connectivity index (χ2v) is 17.1. The van der Waals surface area contributed by atoms with Crippen molar-refractivity contribution in [3.63, 3.8) is 0 Å². The summed E-state index contributed by atoms with van der Waals surface area (Å²) in [5.41, 5.74) is 6.24. The molecule has 1 aliphatic rings. The number of rotatable bonds is 18. The molecule has 2 aromatic heterocycles. The standard InChI is InChI=1S/C43H56N8O6S/c1-7-27(2)37(35-22-45-41(55)51(35)24-32-26-58-28(3)46-32)39(53)47-34(21-29-13-9-8-10-14-29)36(52)25-50(49-40(54)38(43(4,5)6)48-42(56)57)23-30-16-18-31(19-17-30)33-15-11-12-20-44-33/h8-20,26-27,34-38,48,52H,7,21-25H2,1-6H3,(H,45,55)(H,47,53)(H,49,54)(H,56,57). The van der Waals surface area contributed by atoms with Crippen molar-refractivity contribution in [3.05, 3.63) is 106 Å². The summed E-state index contributed by atoms with van der Waals surface area (Å²) in [7, 11) is 0. The number of aliphatic hydroxyl groups excluding tert-OH is 1. The van der Waals surface area contributed by atoms with Gasteiger partial charge < -0.3 is 31.1 Å². The Bertz CT molecular complexity index is 1970. The quantitative estimate of drug-likeness (QED) is 0.0718. The number of hydrogen-bond donors (Lipinski definition) is 6. The summed E-state index contributed by atoms with van der Waals surface area (Å²) in [6, 6.07) is 20.2. The molecule has 0 saturated carbocycles. The van der Waals surface area contributed by atoms with Crippen LogP contribution in [0.5, 0.6) is 0 Å². The van der Waals surface area contributed by atoms with Crippen LogP contribution in [0.4, 0.5) is 9.59 Å². The molecule has 0 spiro atoms. The molecule has 0 radical (unpaired) electrons. The van der Waals surface area contributed by atoms with Gasteiger partial charge in [-0.25, -0.2) is 19.6 Å². The molecule has 4 aromatic rings. The summed E-state index contributed by atoms with van der Waals surface area (Å²) in [4.78, 5) is 64.0. The van der Waals surface area contributed by atoms with Gasteiger partial charge in [0.15, 0.2) is 0 Å². The fraction of sp³-hybridized carbons (Fsp3) is 0.442. The Hall–Kier alpha value is -5.38. The third-order valence-electron chi connectivity index (χ3n) is 10.5. The average Bonchev–Trinajstić information content (AvgIpc) is 3.77. The number of pyridine rings is 1. The molecule has 0 aliphatic carbocycles. The van der Waals surface area contributed by atoms with Gasteiger partial charge in [-0.2, -0.15) is 0 Å². The number of nitrogens with one attached hydrogen (secondary N) is 4. The summed E-state index contributed by atoms with van der Waals surface area (Å²) in [6.45, 7) is 11.8. The zero-order valence-corrected chi connectivity index (χ0v) is 34.8. The first-order valence-corrected chi connectivity index (χ1v) is 20.5. The molecule has 2 aromatic carbocycles. The van der Waals surface area contributed by atoms with E-state index >= 15 is 0 Å². The Labute approximate surface area is 344 Å². The number of hydrazine groups is 1. The van der Waals surface area contributed by atoms with Crippen molar-refractivity contribution in [1.82, 2.24) is 41.3 Å². The summed E-state index contributed by atoms with van der Waals surface area (Å²) in [5.74, 6) is -1.62. The highest BCUT2D eigenvalue weighted by atomic mass is 32.1. The maximum atomic E-state index is 14.6. The van der Waals surface area contributed by atoms with E-state index in [0.29, 0.717) is 6.42 Å². The predicted molar refractivity (Wildman–Crippen MR) is 223 cm³/mol. The predicted octanol–water partition coefficient (Wildman–Crippen LogP) is 5.37. The number of thiazole rings is 1. The summed E-state index contributed by atoms with van der Waals surface area (Å²) in [6.07, 6.45) is 0.116. The van der Waals surface area contributed by atoms with Crippen LogP contribution in [0.25, 0.3) is 11.3 Å². The van der Waals surface area contributed by atoms with Crippen molar-refractivity contribution in [2.24, 2.45) is 17.3 Å². The minimum atomic E-state index is -1.34. The van der Waals surface area contributed by atoms with Gasteiger partial charge in [0.2, 0.25) is 5.91 Å². The van der Waals surface area contributed by atoms with E-state index in [2.05, 4.69) is 31.3 Å². The normalized spacial score (nSPS) is 16.9. The maximum Gasteiger partial charge on any atom is 0.405 e. The molecule has 14 nitrogen and oxygen atoms in total. The maximum absolute atomic E-state index is 14.6. The van der Waals surface area contributed by atoms with E-state index in [1.165, 1.54) is 11.3 Å². The van der Waals surface area contributed by atoms with Crippen molar-refractivity contribution in [3.8, 4) is 11.3 Å². The number of carboxylic acid groups (broad SMARTS) is 1. The smallest absolute Gasteiger partial charge is 0.405 e. The van der Waals surface area contributed by atoms with Crippen LogP contribution in [0.1, 0.15) is 62.9 Å². The molecule has 6 N–H and O–H groups in total. The number of aryl methyl sites for hydroxylation is 1. The monoisotopic (exact) mass is 812 g/mol. The van der Waals surface area contributed by atoms with E-state index in [1.54, 1.807) is 36.9 Å². The van der Waals surface area contributed by atoms with E-state index in [-0.39, 0.29) is 50.5 Å². The molecule has 6 atom stereocenters. The number of hydrogen-bond acceptors (Lipinski definition) is 9. The SMILES string of the molecule is CCC(C)C(C(=O)NC(Cc1ccccc1)C(O)CN(Cc1ccc(-c2ccccn2)cc1)NC(=O)C(NC(=O)O)C(C)(C)C)C1CNC(=O)N1Cc1csc(C)n1. The number of carbonyl (C=O) groups is 4. The van der Waals surface area contributed by atoms with E-state index in [1.807, 2.05) is 98.9 Å². The highest BCUT2D eigenvalue weighted by Crippen LogP contribution is 2.29. The minimum absolute atomic E-state index is 0.118. The third-order valence-corrected chi connectivity index (χ3v) is 11.4. The van der Waals surface area contributed by atoms with Crippen molar-refractivity contribution >= 4 is 35.3 Å². The number of carbonyl (C=O) groups excluding carboxylic acids is 3. The van der Waals surface area contributed by atoms with Crippen LogP contribution in [-0.4, -0.2) is 91.3 Å². The number of nitrogens with zero attached hydrogens (tertiary/aromatic N) is 4. The molecule has 5 amide bonds. The molecular weight excluding hydrogens is 757 g/mol. The first-order valence-electron chi connectivity index (χ1n) is 19.7. The van der Waals surface area contributed by atoms with Gasteiger partial charge in [-0.1, -0.05) is 102 Å². The molecule has 1 fully saturated rings. The fourth-order valence-electron chi connectivity index (χ4n) is 7.27. The van der Waals surface area contributed by atoms with Crippen LogP contribution in [-0.2, 0) is 29.1 Å². The van der Waals surface area contributed by atoms with E-state index in [4.69, 9.17) is 0 Å². The molecule has 1 aliphatic heterocycles. The van der Waals surface area contributed by atoms with E-state index < -0.39 is 47.6 Å². The summed E-state index contributed by atoms with van der Waals surface area (Å²) in [5, 5.41) is 34.5. The number of benzene rings is 2. The van der Waals surface area contributed by atoms with Crippen LogP contribution in [0.3, 0.4) is 0 Å². The van der Waals surface area contributed by atoms with Gasteiger partial charge in [0.1, 0.15) is 6.04 Å². The molecule has 3 heterocycles. The Balaban J connectivity index is 1.43. The molecule has 1 saturated heterocycles. The number of aromatic nitrogens is 2. The Morgan fingerprint density at radius 1 is 1.00 bits per heavy atom. The van der Waals surface area contributed by atoms with Crippen LogP contribution in [0.15, 0.2) is 84.4 Å². The molecule has 0 bridgehead atoms. The van der Waals surface area contributed by atoms with Gasteiger partial charge in [0.25, 0.3) is 5.91 Å². The molecule has 15 heteroatoms. The molecule has 6 unspecified atom stereocenters. The van der Waals surface area contributed by atoms with Crippen molar-refractivity contribution in [2.45, 2.75) is 91.7 Å². The first-order chi connectivity index (χ1) is 27.6.